The Morgan fingerprint density at radius 2 is 1.33 bits per heavy atom. The Balaban J connectivity index is 3.29. The van der Waals surface area contributed by atoms with Gasteiger partial charge in [-0.25, -0.2) is 8.78 Å². The molecule has 1 aromatic rings. The molecule has 50 valence electrons. The minimum absolute atomic E-state index is 0.255. The average molecular weight is 131 g/mol. The number of hydrogen-bond donors (Lipinski definition) is 1. The van der Waals surface area contributed by atoms with Crippen LogP contribution in [0.2, 0.25) is 0 Å². The van der Waals surface area contributed by atoms with E-state index in [4.69, 9.17) is 0 Å². The van der Waals surface area contributed by atoms with Crippen molar-refractivity contribution >= 4 is 0 Å². The SMILES string of the molecule is Cc1[nH]c(C)c(F)c1F. The fourth-order valence-electron chi connectivity index (χ4n) is 0.720. The first kappa shape index (κ1) is 6.26. The van der Waals surface area contributed by atoms with Crippen LogP contribution in [0.3, 0.4) is 0 Å². The summed E-state index contributed by atoms with van der Waals surface area (Å²) in [6.45, 7) is 2.98. The number of halogens is 2. The van der Waals surface area contributed by atoms with Gasteiger partial charge in [0, 0.05) is 0 Å². The van der Waals surface area contributed by atoms with Crippen LogP contribution >= 0.6 is 0 Å². The van der Waals surface area contributed by atoms with Crippen LogP contribution in [-0.4, -0.2) is 4.98 Å². The minimum atomic E-state index is -0.771. The number of aromatic amines is 1. The Hall–Kier alpha value is -0.860. The van der Waals surface area contributed by atoms with Gasteiger partial charge in [-0.05, 0) is 13.8 Å². The van der Waals surface area contributed by atoms with Gasteiger partial charge in [-0.2, -0.15) is 0 Å². The van der Waals surface area contributed by atoms with Crippen LogP contribution in [-0.2, 0) is 0 Å². The molecule has 0 bridgehead atoms. The van der Waals surface area contributed by atoms with Gasteiger partial charge in [0.2, 0.25) is 0 Å². The molecular weight excluding hydrogens is 124 g/mol. The molecule has 1 N–H and O–H groups in total. The standard InChI is InChI=1S/C6H7F2N/c1-3-5(7)6(8)4(2)9-3/h9H,1-2H3. The van der Waals surface area contributed by atoms with Gasteiger partial charge in [0.15, 0.2) is 11.6 Å². The molecule has 0 aliphatic carbocycles. The second kappa shape index (κ2) is 1.83. The molecule has 3 heteroatoms. The summed E-state index contributed by atoms with van der Waals surface area (Å²) in [7, 11) is 0. The molecule has 1 heterocycles. The van der Waals surface area contributed by atoms with Crippen LogP contribution in [0, 0.1) is 25.5 Å². The summed E-state index contributed by atoms with van der Waals surface area (Å²) in [6.07, 6.45) is 0. The summed E-state index contributed by atoms with van der Waals surface area (Å²) < 4.78 is 24.7. The zero-order valence-electron chi connectivity index (χ0n) is 5.26. The lowest BCUT2D eigenvalue weighted by molar-refractivity contribution is 0.508. The highest BCUT2D eigenvalue weighted by Gasteiger charge is 2.09. The number of nitrogens with one attached hydrogen (secondary N) is 1. The number of rotatable bonds is 0. The van der Waals surface area contributed by atoms with Crippen molar-refractivity contribution in [3.05, 3.63) is 23.0 Å². The topological polar surface area (TPSA) is 15.8 Å². The van der Waals surface area contributed by atoms with Crippen molar-refractivity contribution in [2.75, 3.05) is 0 Å². The molecule has 0 atom stereocenters. The summed E-state index contributed by atoms with van der Waals surface area (Å²) >= 11 is 0. The Kier molecular flexibility index (Phi) is 1.27. The minimum Gasteiger partial charge on any atom is -0.358 e. The zero-order valence-corrected chi connectivity index (χ0v) is 5.26. The van der Waals surface area contributed by atoms with E-state index in [1.165, 1.54) is 13.8 Å². The van der Waals surface area contributed by atoms with E-state index in [2.05, 4.69) is 4.98 Å². The maximum Gasteiger partial charge on any atom is 0.179 e. The number of aryl methyl sites for hydroxylation is 2. The lowest BCUT2D eigenvalue weighted by atomic mass is 10.4. The molecule has 0 fully saturated rings. The lowest BCUT2D eigenvalue weighted by Gasteiger charge is -1.79. The maximum absolute atomic E-state index is 12.3. The van der Waals surface area contributed by atoms with Crippen LogP contribution in [0.15, 0.2) is 0 Å². The van der Waals surface area contributed by atoms with E-state index in [9.17, 15) is 8.78 Å². The Bertz CT molecular complexity index is 205. The molecule has 0 amide bonds. The molecule has 0 saturated carbocycles. The molecular formula is C6H7F2N. The summed E-state index contributed by atoms with van der Waals surface area (Å²) in [5.41, 5.74) is 0.509. The Morgan fingerprint density at radius 1 is 1.00 bits per heavy atom. The van der Waals surface area contributed by atoms with Gasteiger partial charge in [0.25, 0.3) is 0 Å². The second-order valence-corrected chi connectivity index (χ2v) is 2.00. The molecule has 0 unspecified atom stereocenters. The van der Waals surface area contributed by atoms with E-state index < -0.39 is 11.6 Å². The van der Waals surface area contributed by atoms with E-state index >= 15 is 0 Å². The van der Waals surface area contributed by atoms with Crippen molar-refractivity contribution in [2.24, 2.45) is 0 Å². The smallest absolute Gasteiger partial charge is 0.179 e. The normalized spacial score (nSPS) is 10.2. The van der Waals surface area contributed by atoms with Crippen LogP contribution in [0.25, 0.3) is 0 Å². The van der Waals surface area contributed by atoms with E-state index in [1.807, 2.05) is 0 Å². The highest BCUT2D eigenvalue weighted by Crippen LogP contribution is 2.12. The Labute approximate surface area is 51.7 Å². The molecule has 1 rings (SSSR count). The molecule has 9 heavy (non-hydrogen) atoms. The van der Waals surface area contributed by atoms with E-state index in [1.54, 1.807) is 0 Å². The van der Waals surface area contributed by atoms with Crippen molar-refractivity contribution in [3.8, 4) is 0 Å². The quantitative estimate of drug-likeness (QED) is 0.553. The fourth-order valence-corrected chi connectivity index (χ4v) is 0.720. The van der Waals surface area contributed by atoms with Gasteiger partial charge in [0.1, 0.15) is 0 Å². The highest BCUT2D eigenvalue weighted by molar-refractivity contribution is 5.15. The summed E-state index contributed by atoms with van der Waals surface area (Å²) in [5, 5.41) is 0. The van der Waals surface area contributed by atoms with Crippen molar-refractivity contribution in [1.82, 2.24) is 4.98 Å². The van der Waals surface area contributed by atoms with Crippen molar-refractivity contribution in [1.29, 1.82) is 0 Å². The molecule has 0 spiro atoms. The van der Waals surface area contributed by atoms with Crippen molar-refractivity contribution in [3.63, 3.8) is 0 Å². The van der Waals surface area contributed by atoms with Gasteiger partial charge in [-0.3, -0.25) is 0 Å². The molecule has 1 aromatic heterocycles. The van der Waals surface area contributed by atoms with Gasteiger partial charge >= 0.3 is 0 Å². The van der Waals surface area contributed by atoms with Crippen LogP contribution in [0.5, 0.6) is 0 Å². The molecule has 0 aromatic carbocycles. The van der Waals surface area contributed by atoms with Gasteiger partial charge < -0.3 is 4.98 Å². The summed E-state index contributed by atoms with van der Waals surface area (Å²) in [4.78, 5) is 2.53. The molecule has 0 aliphatic rings. The predicted octanol–water partition coefficient (Wildman–Crippen LogP) is 1.91. The predicted molar refractivity (Wildman–Crippen MR) is 30.2 cm³/mol. The Morgan fingerprint density at radius 3 is 1.44 bits per heavy atom. The van der Waals surface area contributed by atoms with Gasteiger partial charge in [-0.1, -0.05) is 0 Å². The second-order valence-electron chi connectivity index (χ2n) is 2.00. The summed E-state index contributed by atoms with van der Waals surface area (Å²) in [6, 6.07) is 0. The first-order valence-corrected chi connectivity index (χ1v) is 2.63. The third-order valence-corrected chi connectivity index (χ3v) is 1.23. The van der Waals surface area contributed by atoms with Gasteiger partial charge in [0.05, 0.1) is 11.4 Å². The van der Waals surface area contributed by atoms with Crippen molar-refractivity contribution in [2.45, 2.75) is 13.8 Å². The van der Waals surface area contributed by atoms with E-state index in [0.717, 1.165) is 0 Å². The first-order valence-electron chi connectivity index (χ1n) is 2.63. The third kappa shape index (κ3) is 0.823. The van der Waals surface area contributed by atoms with Crippen LogP contribution in [0.1, 0.15) is 11.4 Å². The van der Waals surface area contributed by atoms with Gasteiger partial charge in [-0.15, -0.1) is 0 Å². The summed E-state index contributed by atoms with van der Waals surface area (Å²) in [5.74, 6) is -1.54. The fraction of sp³-hybridized carbons (Fsp3) is 0.333. The van der Waals surface area contributed by atoms with E-state index in [0.29, 0.717) is 0 Å². The lowest BCUT2D eigenvalue weighted by Crippen LogP contribution is -1.76. The molecule has 0 aliphatic heterocycles. The monoisotopic (exact) mass is 131 g/mol. The highest BCUT2D eigenvalue weighted by atomic mass is 19.2. The zero-order chi connectivity index (χ0) is 7.02. The average Bonchev–Trinajstić information content (AvgIpc) is 1.98. The third-order valence-electron chi connectivity index (χ3n) is 1.23. The largest absolute Gasteiger partial charge is 0.358 e. The molecule has 0 saturated heterocycles. The molecule has 1 nitrogen and oxygen atoms in total. The molecule has 0 radical (unpaired) electrons. The number of H-pyrrole nitrogens is 1. The van der Waals surface area contributed by atoms with Crippen LogP contribution in [0.4, 0.5) is 8.78 Å². The number of aromatic nitrogens is 1. The van der Waals surface area contributed by atoms with E-state index in [-0.39, 0.29) is 11.4 Å². The maximum atomic E-state index is 12.3. The first-order chi connectivity index (χ1) is 4.13. The van der Waals surface area contributed by atoms with Crippen molar-refractivity contribution < 1.29 is 8.78 Å². The van der Waals surface area contributed by atoms with Crippen LogP contribution < -0.4 is 0 Å². The number of hydrogen-bond acceptors (Lipinski definition) is 0.